The molecule has 0 aromatic heterocycles. The van der Waals surface area contributed by atoms with Crippen LogP contribution in [0.1, 0.15) is 13.8 Å². The summed E-state index contributed by atoms with van der Waals surface area (Å²) < 4.78 is 10.5. The molecule has 92 valence electrons. The molecule has 6 heteroatoms. The van der Waals surface area contributed by atoms with Gasteiger partial charge >= 0.3 is 11.9 Å². The molecule has 0 spiro atoms. The first-order valence-electron chi connectivity index (χ1n) is 4.77. The highest BCUT2D eigenvalue weighted by Gasteiger charge is 2.33. The highest BCUT2D eigenvalue weighted by molar-refractivity contribution is 9.12. The smallest absolute Gasteiger partial charge is 0.344 e. The number of ether oxygens (including phenoxy) is 2. The number of esters is 2. The number of allylic oxidation sites excluding steroid dienone is 2. The summed E-state index contributed by atoms with van der Waals surface area (Å²) in [6, 6.07) is 0. The van der Waals surface area contributed by atoms with Gasteiger partial charge in [-0.1, -0.05) is 22.0 Å². The molecule has 1 heterocycles. The summed E-state index contributed by atoms with van der Waals surface area (Å²) in [6.07, 6.45) is 2.17. The molecule has 1 rings (SSSR count). The lowest BCUT2D eigenvalue weighted by Crippen LogP contribution is -2.19. The molecular weight excluding hydrogens is 356 g/mol. The van der Waals surface area contributed by atoms with Crippen LogP contribution in [-0.2, 0) is 19.1 Å². The molecule has 0 aliphatic carbocycles. The lowest BCUT2D eigenvalue weighted by atomic mass is 10.1. The third-order valence-electron chi connectivity index (χ3n) is 1.98. The maximum absolute atomic E-state index is 11.6. The van der Waals surface area contributed by atoms with Gasteiger partial charge in [-0.2, -0.15) is 0 Å². The molecule has 0 saturated carbocycles. The van der Waals surface area contributed by atoms with Crippen molar-refractivity contribution in [1.29, 1.82) is 0 Å². The SMILES string of the molecule is C/C=C/C(=O)OC(C)C1=C(Br)/C(=C/Br)OC1=O. The van der Waals surface area contributed by atoms with Crippen molar-refractivity contribution < 1.29 is 19.1 Å². The molecule has 0 fully saturated rings. The van der Waals surface area contributed by atoms with Gasteiger partial charge in [0.15, 0.2) is 5.76 Å². The van der Waals surface area contributed by atoms with E-state index >= 15 is 0 Å². The normalized spacial score (nSPS) is 20.0. The third kappa shape index (κ3) is 3.29. The molecule has 1 atom stereocenters. The standard InChI is InChI=1S/C11H10Br2O4/c1-3-4-8(14)16-6(2)9-10(13)7(5-12)17-11(9)15/h3-6H,1-2H3/b4-3+,7-5-. The van der Waals surface area contributed by atoms with Crippen molar-refractivity contribution in [1.82, 2.24) is 0 Å². The van der Waals surface area contributed by atoms with E-state index in [1.807, 2.05) is 0 Å². The van der Waals surface area contributed by atoms with Crippen LogP contribution < -0.4 is 0 Å². The number of rotatable bonds is 3. The van der Waals surface area contributed by atoms with Crippen LogP contribution in [0.3, 0.4) is 0 Å². The van der Waals surface area contributed by atoms with Gasteiger partial charge in [-0.3, -0.25) is 0 Å². The largest absolute Gasteiger partial charge is 0.454 e. The Bertz CT molecular complexity index is 435. The summed E-state index contributed by atoms with van der Waals surface area (Å²) in [5.41, 5.74) is 0.286. The van der Waals surface area contributed by atoms with Crippen LogP contribution in [0.5, 0.6) is 0 Å². The molecule has 0 saturated heterocycles. The van der Waals surface area contributed by atoms with E-state index in [0.717, 1.165) is 0 Å². The van der Waals surface area contributed by atoms with Gasteiger partial charge in [0.05, 0.1) is 10.1 Å². The molecule has 0 amide bonds. The maximum atomic E-state index is 11.6. The second kappa shape index (κ2) is 6.16. The van der Waals surface area contributed by atoms with Gasteiger partial charge in [0.2, 0.25) is 0 Å². The molecule has 17 heavy (non-hydrogen) atoms. The van der Waals surface area contributed by atoms with Gasteiger partial charge in [-0.05, 0) is 29.8 Å². The lowest BCUT2D eigenvalue weighted by Gasteiger charge is -2.10. The van der Waals surface area contributed by atoms with Crippen LogP contribution >= 0.6 is 31.9 Å². The Hall–Kier alpha value is -0.880. The number of carbonyl (C=O) groups excluding carboxylic acids is 2. The maximum Gasteiger partial charge on any atom is 0.344 e. The minimum atomic E-state index is -0.675. The Morgan fingerprint density at radius 1 is 1.53 bits per heavy atom. The molecule has 4 nitrogen and oxygen atoms in total. The molecule has 1 aliphatic heterocycles. The summed E-state index contributed by atoms with van der Waals surface area (Å²) in [6.45, 7) is 3.31. The van der Waals surface area contributed by atoms with Gasteiger partial charge in [-0.25, -0.2) is 9.59 Å². The third-order valence-corrected chi connectivity index (χ3v) is 3.21. The van der Waals surface area contributed by atoms with Crippen LogP contribution in [0.2, 0.25) is 0 Å². The first kappa shape index (κ1) is 14.2. The highest BCUT2D eigenvalue weighted by Crippen LogP contribution is 2.34. The molecule has 0 bridgehead atoms. The fraction of sp³-hybridized carbons (Fsp3) is 0.273. The van der Waals surface area contributed by atoms with Gasteiger partial charge in [-0.15, -0.1) is 0 Å². The summed E-state index contributed by atoms with van der Waals surface area (Å²) >= 11 is 6.30. The predicted molar refractivity (Wildman–Crippen MR) is 69.4 cm³/mol. The Morgan fingerprint density at radius 3 is 2.65 bits per heavy atom. The second-order valence-electron chi connectivity index (χ2n) is 3.17. The van der Waals surface area contributed by atoms with Crippen molar-refractivity contribution in [2.75, 3.05) is 0 Å². The van der Waals surface area contributed by atoms with Gasteiger partial charge in [0.1, 0.15) is 6.10 Å². The van der Waals surface area contributed by atoms with Gasteiger partial charge in [0, 0.05) is 11.1 Å². The second-order valence-corrected chi connectivity index (χ2v) is 4.42. The fourth-order valence-electron chi connectivity index (χ4n) is 1.25. The average molecular weight is 366 g/mol. The average Bonchev–Trinajstić information content (AvgIpc) is 2.53. The Balaban J connectivity index is 2.89. The van der Waals surface area contributed by atoms with Crippen molar-refractivity contribution in [3.05, 3.63) is 33.0 Å². The van der Waals surface area contributed by atoms with E-state index < -0.39 is 18.0 Å². The van der Waals surface area contributed by atoms with E-state index in [0.29, 0.717) is 10.2 Å². The zero-order chi connectivity index (χ0) is 13.0. The quantitative estimate of drug-likeness (QED) is 0.570. The summed E-state index contributed by atoms with van der Waals surface area (Å²) in [5.74, 6) is -0.667. The van der Waals surface area contributed by atoms with E-state index in [9.17, 15) is 9.59 Å². The molecule has 1 aliphatic rings. The summed E-state index contributed by atoms with van der Waals surface area (Å²) in [4.78, 5) is 24.3. The lowest BCUT2D eigenvalue weighted by molar-refractivity contribution is -0.142. The van der Waals surface area contributed by atoms with E-state index in [4.69, 9.17) is 9.47 Å². The minimum Gasteiger partial charge on any atom is -0.454 e. The van der Waals surface area contributed by atoms with Crippen molar-refractivity contribution in [3.63, 3.8) is 0 Å². The van der Waals surface area contributed by atoms with E-state index in [-0.39, 0.29) is 5.57 Å². The number of hydrogen-bond donors (Lipinski definition) is 0. The first-order valence-corrected chi connectivity index (χ1v) is 6.48. The van der Waals surface area contributed by atoms with Crippen molar-refractivity contribution in [3.8, 4) is 0 Å². The van der Waals surface area contributed by atoms with Crippen LogP contribution in [0.4, 0.5) is 0 Å². The van der Waals surface area contributed by atoms with Crippen molar-refractivity contribution in [2.24, 2.45) is 0 Å². The van der Waals surface area contributed by atoms with Crippen molar-refractivity contribution >= 4 is 43.8 Å². The number of cyclic esters (lactones) is 1. The fourth-order valence-corrected chi connectivity index (χ4v) is 2.55. The first-order chi connectivity index (χ1) is 8.01. The molecule has 0 radical (unpaired) electrons. The minimum absolute atomic E-state index is 0.286. The number of halogens is 2. The van der Waals surface area contributed by atoms with E-state index in [1.54, 1.807) is 19.9 Å². The van der Waals surface area contributed by atoms with Crippen molar-refractivity contribution in [2.45, 2.75) is 20.0 Å². The molecule has 0 aromatic rings. The zero-order valence-electron chi connectivity index (χ0n) is 9.20. The monoisotopic (exact) mass is 364 g/mol. The van der Waals surface area contributed by atoms with Gasteiger partial charge < -0.3 is 9.47 Å². The Kier molecular flexibility index (Phi) is 5.14. The molecule has 0 N–H and O–H groups in total. The highest BCUT2D eigenvalue weighted by atomic mass is 79.9. The predicted octanol–water partition coefficient (Wildman–Crippen LogP) is 2.94. The summed E-state index contributed by atoms with van der Waals surface area (Å²) in [7, 11) is 0. The van der Waals surface area contributed by atoms with Crippen LogP contribution in [-0.4, -0.2) is 18.0 Å². The van der Waals surface area contributed by atoms with Crippen LogP contribution in [0, 0.1) is 0 Å². The van der Waals surface area contributed by atoms with Crippen LogP contribution in [0.25, 0.3) is 0 Å². The Labute approximate surface area is 116 Å². The van der Waals surface area contributed by atoms with E-state index in [1.165, 1.54) is 11.1 Å². The number of hydrogen-bond acceptors (Lipinski definition) is 4. The molecular formula is C11H10Br2O4. The van der Waals surface area contributed by atoms with Crippen LogP contribution in [0.15, 0.2) is 33.0 Å². The zero-order valence-corrected chi connectivity index (χ0v) is 12.4. The molecule has 1 unspecified atom stereocenters. The molecule has 0 aromatic carbocycles. The Morgan fingerprint density at radius 2 is 2.18 bits per heavy atom. The number of carbonyl (C=O) groups is 2. The van der Waals surface area contributed by atoms with E-state index in [2.05, 4.69) is 31.9 Å². The topological polar surface area (TPSA) is 52.6 Å². The summed E-state index contributed by atoms with van der Waals surface area (Å²) in [5, 5.41) is 0. The van der Waals surface area contributed by atoms with Gasteiger partial charge in [0.25, 0.3) is 0 Å².